The minimum Gasteiger partial charge on any atom is -0.405 e. The number of hydrogen-bond acceptors (Lipinski definition) is 5. The largest absolute Gasteiger partial charge is 0.523 e. The molecule has 0 bridgehead atoms. The van der Waals surface area contributed by atoms with Crippen LogP contribution >= 0.6 is 0 Å². The molecule has 0 saturated carbocycles. The second-order valence-electron chi connectivity index (χ2n) is 7.85. The van der Waals surface area contributed by atoms with Crippen LogP contribution in [0, 0.1) is 0 Å². The molecule has 10 heteroatoms. The van der Waals surface area contributed by atoms with Crippen molar-refractivity contribution in [2.24, 2.45) is 0 Å². The molecule has 0 spiro atoms. The highest BCUT2D eigenvalue weighted by atomic mass is 32.2. The van der Waals surface area contributed by atoms with E-state index in [0.29, 0.717) is 0 Å². The summed E-state index contributed by atoms with van der Waals surface area (Å²) in [7, 11) is -8.34. The van der Waals surface area contributed by atoms with E-state index in [1.54, 1.807) is 0 Å². The summed E-state index contributed by atoms with van der Waals surface area (Å²) < 4.78 is 74.3. The first-order chi connectivity index (χ1) is 14.4. The fourth-order valence-corrected chi connectivity index (χ4v) is 8.35. The highest BCUT2D eigenvalue weighted by Crippen LogP contribution is 2.36. The molecule has 0 saturated heterocycles. The van der Waals surface area contributed by atoms with Crippen molar-refractivity contribution in [3.63, 3.8) is 0 Å². The average molecular weight is 477 g/mol. The lowest BCUT2D eigenvalue weighted by molar-refractivity contribution is -0.0556. The minimum absolute atomic E-state index is 0.0833. The van der Waals surface area contributed by atoms with Crippen LogP contribution in [0.2, 0.25) is 5.04 Å². The first-order valence-corrected chi connectivity index (χ1v) is 13.0. The third-order valence-electron chi connectivity index (χ3n) is 4.71. The molecular weight excluding hydrogens is 449 g/mol. The van der Waals surface area contributed by atoms with Crippen LogP contribution in [0.4, 0.5) is 13.2 Å². The van der Waals surface area contributed by atoms with Gasteiger partial charge in [0.05, 0.1) is 26.4 Å². The zero-order chi connectivity index (χ0) is 23.2. The van der Waals surface area contributed by atoms with Crippen LogP contribution in [0.1, 0.15) is 20.8 Å². The van der Waals surface area contributed by atoms with Crippen molar-refractivity contribution >= 4 is 28.8 Å². The van der Waals surface area contributed by atoms with Gasteiger partial charge in [-0.1, -0.05) is 81.4 Å². The predicted octanol–water partition coefficient (Wildman–Crippen LogP) is 3.45. The second kappa shape index (κ2) is 10.3. The standard InChI is InChI=1S/C21H27F3O5SSi/c1-20(2,3)31(18-10-6-4-7-11-18,19-12-8-5-9-13-19)29-17-15-27-14-16-28-30(25,26)21(22,23)24/h4-13H,14-17H2,1-3H3. The van der Waals surface area contributed by atoms with Gasteiger partial charge in [0.1, 0.15) is 0 Å². The topological polar surface area (TPSA) is 61.8 Å². The molecule has 2 aromatic rings. The lowest BCUT2D eigenvalue weighted by Crippen LogP contribution is -2.66. The summed E-state index contributed by atoms with van der Waals surface area (Å²) in [6.07, 6.45) is 0. The van der Waals surface area contributed by atoms with Gasteiger partial charge in [0.2, 0.25) is 0 Å². The zero-order valence-corrected chi connectivity index (χ0v) is 19.5. The van der Waals surface area contributed by atoms with Crippen LogP contribution in [0.15, 0.2) is 60.7 Å². The Morgan fingerprint density at radius 2 is 1.23 bits per heavy atom. The normalized spacial score (nSPS) is 13.4. The zero-order valence-electron chi connectivity index (χ0n) is 17.7. The number of benzene rings is 2. The molecule has 0 aliphatic rings. The van der Waals surface area contributed by atoms with Crippen molar-refractivity contribution in [3.05, 3.63) is 60.7 Å². The summed E-state index contributed by atoms with van der Waals surface area (Å²) in [4.78, 5) is 0. The Kier molecular flexibility index (Phi) is 8.45. The Labute approximate surface area is 182 Å². The molecule has 2 rings (SSSR count). The van der Waals surface area contributed by atoms with E-state index in [0.717, 1.165) is 10.4 Å². The third kappa shape index (κ3) is 6.16. The molecule has 0 atom stereocenters. The fraction of sp³-hybridized carbons (Fsp3) is 0.429. The molecule has 0 aliphatic carbocycles. The van der Waals surface area contributed by atoms with E-state index >= 15 is 0 Å². The highest BCUT2D eigenvalue weighted by molar-refractivity contribution is 7.87. The molecular formula is C21H27F3O5SSi. The summed E-state index contributed by atoms with van der Waals surface area (Å²) in [5.41, 5.74) is -5.45. The van der Waals surface area contributed by atoms with E-state index < -0.39 is 30.6 Å². The Hall–Kier alpha value is -1.72. The SMILES string of the molecule is CC(C)(C)[Si](OCCOCCOS(=O)(=O)C(F)(F)F)(c1ccccc1)c1ccccc1. The van der Waals surface area contributed by atoms with Crippen LogP contribution in [-0.4, -0.2) is 48.7 Å². The van der Waals surface area contributed by atoms with E-state index in [1.807, 2.05) is 60.7 Å². The summed E-state index contributed by atoms with van der Waals surface area (Å²) in [6.45, 7) is 5.61. The van der Waals surface area contributed by atoms with Crippen LogP contribution in [0.25, 0.3) is 0 Å². The number of ether oxygens (including phenoxy) is 1. The number of alkyl halides is 3. The quantitative estimate of drug-likeness (QED) is 0.228. The van der Waals surface area contributed by atoms with Crippen molar-refractivity contribution in [3.8, 4) is 0 Å². The lowest BCUT2D eigenvalue weighted by atomic mass is 10.2. The van der Waals surface area contributed by atoms with Gasteiger partial charge >= 0.3 is 15.6 Å². The van der Waals surface area contributed by atoms with E-state index in [2.05, 4.69) is 25.0 Å². The maximum Gasteiger partial charge on any atom is 0.523 e. The number of hydrogen-bond donors (Lipinski definition) is 0. The van der Waals surface area contributed by atoms with E-state index in [1.165, 1.54) is 0 Å². The summed E-state index contributed by atoms with van der Waals surface area (Å²) in [5, 5.41) is 1.96. The minimum atomic E-state index is -5.61. The molecule has 0 aliphatic heterocycles. The molecule has 5 nitrogen and oxygen atoms in total. The van der Waals surface area contributed by atoms with E-state index in [-0.39, 0.29) is 24.9 Å². The molecule has 0 radical (unpaired) electrons. The van der Waals surface area contributed by atoms with Gasteiger partial charge in [0.25, 0.3) is 8.32 Å². The molecule has 0 fully saturated rings. The second-order valence-corrected chi connectivity index (χ2v) is 13.8. The van der Waals surface area contributed by atoms with Crippen molar-refractivity contribution in [1.82, 2.24) is 0 Å². The molecule has 0 heterocycles. The van der Waals surface area contributed by atoms with Crippen LogP contribution in [-0.2, 0) is 23.5 Å². The molecule has 0 N–H and O–H groups in total. The average Bonchev–Trinajstić information content (AvgIpc) is 2.69. The third-order valence-corrected chi connectivity index (χ3v) is 10.8. The Balaban J connectivity index is 2.07. The fourth-order valence-electron chi connectivity index (χ4n) is 3.39. The van der Waals surface area contributed by atoms with Gasteiger partial charge in [-0.2, -0.15) is 21.6 Å². The van der Waals surface area contributed by atoms with Gasteiger partial charge in [-0.3, -0.25) is 4.18 Å². The van der Waals surface area contributed by atoms with Crippen molar-refractivity contribution in [1.29, 1.82) is 0 Å². The first-order valence-electron chi connectivity index (χ1n) is 9.70. The summed E-state index contributed by atoms with van der Waals surface area (Å²) in [5.74, 6) is 0. The molecule has 2 aromatic carbocycles. The summed E-state index contributed by atoms with van der Waals surface area (Å²) >= 11 is 0. The van der Waals surface area contributed by atoms with Crippen molar-refractivity contribution < 1.29 is 34.9 Å². The lowest BCUT2D eigenvalue weighted by Gasteiger charge is -2.43. The van der Waals surface area contributed by atoms with Gasteiger partial charge in [0.15, 0.2) is 0 Å². The predicted molar refractivity (Wildman–Crippen MR) is 115 cm³/mol. The monoisotopic (exact) mass is 476 g/mol. The Bertz CT molecular complexity index is 874. The van der Waals surface area contributed by atoms with Crippen LogP contribution in [0.3, 0.4) is 0 Å². The highest BCUT2D eigenvalue weighted by Gasteiger charge is 2.50. The van der Waals surface area contributed by atoms with Gasteiger partial charge in [-0.05, 0) is 15.4 Å². The van der Waals surface area contributed by atoms with Gasteiger partial charge in [0, 0.05) is 0 Å². The van der Waals surface area contributed by atoms with Gasteiger partial charge < -0.3 is 9.16 Å². The maximum atomic E-state index is 12.3. The van der Waals surface area contributed by atoms with Gasteiger partial charge in [-0.25, -0.2) is 0 Å². The first kappa shape index (κ1) is 25.5. The number of rotatable bonds is 10. The maximum absolute atomic E-state index is 12.3. The van der Waals surface area contributed by atoms with Crippen LogP contribution in [0.5, 0.6) is 0 Å². The smallest absolute Gasteiger partial charge is 0.405 e. The number of halogens is 3. The Morgan fingerprint density at radius 3 is 1.65 bits per heavy atom. The molecule has 0 aromatic heterocycles. The van der Waals surface area contributed by atoms with Gasteiger partial charge in [-0.15, -0.1) is 0 Å². The molecule has 31 heavy (non-hydrogen) atoms. The van der Waals surface area contributed by atoms with E-state index in [9.17, 15) is 21.6 Å². The van der Waals surface area contributed by atoms with Crippen molar-refractivity contribution in [2.45, 2.75) is 31.3 Å². The molecule has 0 amide bonds. The van der Waals surface area contributed by atoms with Crippen LogP contribution < -0.4 is 10.4 Å². The molecule has 0 unspecified atom stereocenters. The Morgan fingerprint density at radius 1 is 0.774 bits per heavy atom. The van der Waals surface area contributed by atoms with Crippen molar-refractivity contribution in [2.75, 3.05) is 26.4 Å². The molecule has 172 valence electrons. The van der Waals surface area contributed by atoms with E-state index in [4.69, 9.17) is 9.16 Å². The summed E-state index contributed by atoms with van der Waals surface area (Å²) in [6, 6.07) is 19.9.